The van der Waals surface area contributed by atoms with E-state index in [1.54, 1.807) is 6.07 Å². The minimum absolute atomic E-state index is 0.131. The Bertz CT molecular complexity index is 715. The van der Waals surface area contributed by atoms with Crippen molar-refractivity contribution < 1.29 is 14.7 Å². The van der Waals surface area contributed by atoms with Crippen molar-refractivity contribution in [2.75, 3.05) is 4.90 Å². The van der Waals surface area contributed by atoms with Gasteiger partial charge in [0.15, 0.2) is 0 Å². The number of anilines is 1. The van der Waals surface area contributed by atoms with Gasteiger partial charge in [0.1, 0.15) is 5.75 Å². The van der Waals surface area contributed by atoms with E-state index in [9.17, 15) is 14.7 Å². The van der Waals surface area contributed by atoms with Gasteiger partial charge in [-0.05, 0) is 17.7 Å². The molecular formula is C16H12ClNO3. The molecule has 0 saturated carbocycles. The molecule has 106 valence electrons. The van der Waals surface area contributed by atoms with E-state index in [-0.39, 0.29) is 29.0 Å². The van der Waals surface area contributed by atoms with Crippen LogP contribution in [-0.4, -0.2) is 16.9 Å². The Labute approximate surface area is 126 Å². The molecule has 0 radical (unpaired) electrons. The molecule has 21 heavy (non-hydrogen) atoms. The average molecular weight is 302 g/mol. The summed E-state index contributed by atoms with van der Waals surface area (Å²) in [5.74, 6) is -1.20. The molecule has 1 fully saturated rings. The van der Waals surface area contributed by atoms with Crippen LogP contribution in [0.4, 0.5) is 5.69 Å². The van der Waals surface area contributed by atoms with Crippen LogP contribution >= 0.6 is 11.6 Å². The van der Waals surface area contributed by atoms with Gasteiger partial charge in [0.05, 0.1) is 16.6 Å². The predicted molar refractivity (Wildman–Crippen MR) is 79.4 cm³/mol. The van der Waals surface area contributed by atoms with Gasteiger partial charge in [0.2, 0.25) is 11.8 Å². The normalized spacial score (nSPS) is 18.3. The van der Waals surface area contributed by atoms with Crippen LogP contribution in [0.2, 0.25) is 5.02 Å². The second kappa shape index (κ2) is 5.22. The van der Waals surface area contributed by atoms with E-state index in [0.29, 0.717) is 5.69 Å². The number of hydrogen-bond donors (Lipinski definition) is 1. The lowest BCUT2D eigenvalue weighted by atomic mass is 9.98. The number of carbonyl (C=O) groups is 2. The fraction of sp³-hybridized carbons (Fsp3) is 0.125. The van der Waals surface area contributed by atoms with Crippen molar-refractivity contribution in [3.8, 4) is 5.75 Å². The Morgan fingerprint density at radius 3 is 2.48 bits per heavy atom. The number of phenols is 1. The van der Waals surface area contributed by atoms with Gasteiger partial charge in [-0.25, -0.2) is 4.90 Å². The quantitative estimate of drug-likeness (QED) is 0.867. The number of imide groups is 1. The molecule has 2 aromatic carbocycles. The van der Waals surface area contributed by atoms with Gasteiger partial charge in [-0.2, -0.15) is 0 Å². The zero-order valence-corrected chi connectivity index (χ0v) is 11.7. The maximum atomic E-state index is 12.5. The standard InChI is InChI=1S/C16H12ClNO3/c17-13-7-6-11(8-14(13)19)18-15(20)9-12(16(18)21)10-4-2-1-3-5-10/h1-8,12,19H,9H2. The lowest BCUT2D eigenvalue weighted by Gasteiger charge is -2.15. The molecule has 5 heteroatoms. The van der Waals surface area contributed by atoms with Crippen molar-refractivity contribution in [2.45, 2.75) is 12.3 Å². The Morgan fingerprint density at radius 2 is 1.81 bits per heavy atom. The third-order valence-electron chi connectivity index (χ3n) is 3.54. The van der Waals surface area contributed by atoms with Gasteiger partial charge in [-0.3, -0.25) is 9.59 Å². The van der Waals surface area contributed by atoms with Crippen molar-refractivity contribution in [1.29, 1.82) is 0 Å². The maximum absolute atomic E-state index is 12.5. The second-order valence-corrected chi connectivity index (χ2v) is 5.28. The van der Waals surface area contributed by atoms with Crippen molar-refractivity contribution >= 4 is 29.1 Å². The topological polar surface area (TPSA) is 57.6 Å². The molecule has 0 spiro atoms. The van der Waals surface area contributed by atoms with Gasteiger partial charge in [-0.1, -0.05) is 41.9 Å². The molecule has 4 nitrogen and oxygen atoms in total. The Balaban J connectivity index is 1.96. The largest absolute Gasteiger partial charge is 0.506 e. The van der Waals surface area contributed by atoms with Crippen LogP contribution in [-0.2, 0) is 9.59 Å². The van der Waals surface area contributed by atoms with E-state index >= 15 is 0 Å². The zero-order chi connectivity index (χ0) is 15.0. The number of nitrogens with zero attached hydrogens (tertiary/aromatic N) is 1. The minimum Gasteiger partial charge on any atom is -0.506 e. The summed E-state index contributed by atoms with van der Waals surface area (Å²) >= 11 is 5.75. The number of amides is 2. The third-order valence-corrected chi connectivity index (χ3v) is 3.86. The summed E-state index contributed by atoms with van der Waals surface area (Å²) < 4.78 is 0. The number of benzene rings is 2. The molecule has 1 saturated heterocycles. The average Bonchev–Trinajstić information content (AvgIpc) is 2.78. The molecule has 0 aliphatic carbocycles. The first-order valence-corrected chi connectivity index (χ1v) is 6.86. The van der Waals surface area contributed by atoms with E-state index in [1.807, 2.05) is 30.3 Å². The maximum Gasteiger partial charge on any atom is 0.241 e. The molecule has 1 N–H and O–H groups in total. The number of phenolic OH excluding ortho intramolecular Hbond substituents is 1. The Morgan fingerprint density at radius 1 is 1.10 bits per heavy atom. The van der Waals surface area contributed by atoms with E-state index in [1.165, 1.54) is 12.1 Å². The van der Waals surface area contributed by atoms with Crippen molar-refractivity contribution in [2.24, 2.45) is 0 Å². The number of aromatic hydroxyl groups is 1. The molecule has 1 unspecified atom stereocenters. The lowest BCUT2D eigenvalue weighted by Crippen LogP contribution is -2.29. The molecule has 0 aromatic heterocycles. The molecule has 3 rings (SSSR count). The summed E-state index contributed by atoms with van der Waals surface area (Å²) in [4.78, 5) is 25.8. The first-order chi connectivity index (χ1) is 10.1. The van der Waals surface area contributed by atoms with Crippen molar-refractivity contribution in [1.82, 2.24) is 0 Å². The highest BCUT2D eigenvalue weighted by Gasteiger charge is 2.40. The fourth-order valence-electron chi connectivity index (χ4n) is 2.49. The van der Waals surface area contributed by atoms with Gasteiger partial charge in [-0.15, -0.1) is 0 Å². The summed E-state index contributed by atoms with van der Waals surface area (Å²) in [7, 11) is 0. The van der Waals surface area contributed by atoms with Crippen LogP contribution in [0.15, 0.2) is 48.5 Å². The van der Waals surface area contributed by atoms with E-state index in [2.05, 4.69) is 0 Å². The first kappa shape index (κ1) is 13.6. The highest BCUT2D eigenvalue weighted by Crippen LogP contribution is 2.35. The zero-order valence-electron chi connectivity index (χ0n) is 11.0. The minimum atomic E-state index is -0.475. The summed E-state index contributed by atoms with van der Waals surface area (Å²) in [6.07, 6.45) is 0.131. The molecule has 1 heterocycles. The fourth-order valence-corrected chi connectivity index (χ4v) is 2.61. The van der Waals surface area contributed by atoms with Gasteiger partial charge < -0.3 is 5.11 Å². The van der Waals surface area contributed by atoms with Gasteiger partial charge in [0, 0.05) is 12.5 Å². The SMILES string of the molecule is O=C1CC(c2ccccc2)C(=O)N1c1ccc(Cl)c(O)c1. The second-order valence-electron chi connectivity index (χ2n) is 4.87. The van der Waals surface area contributed by atoms with Crippen LogP contribution in [0, 0.1) is 0 Å². The number of hydrogen-bond acceptors (Lipinski definition) is 3. The van der Waals surface area contributed by atoms with Crippen LogP contribution in [0.5, 0.6) is 5.75 Å². The smallest absolute Gasteiger partial charge is 0.241 e. The van der Waals surface area contributed by atoms with E-state index in [0.717, 1.165) is 10.5 Å². The molecule has 0 bridgehead atoms. The monoisotopic (exact) mass is 301 g/mol. The molecule has 2 aromatic rings. The Hall–Kier alpha value is -2.33. The number of rotatable bonds is 2. The highest BCUT2D eigenvalue weighted by molar-refractivity contribution is 6.32. The van der Waals surface area contributed by atoms with Crippen LogP contribution in [0.25, 0.3) is 0 Å². The van der Waals surface area contributed by atoms with Crippen molar-refractivity contribution in [3.05, 3.63) is 59.1 Å². The highest BCUT2D eigenvalue weighted by atomic mass is 35.5. The summed E-state index contributed by atoms with van der Waals surface area (Å²) in [5, 5.41) is 9.81. The van der Waals surface area contributed by atoms with Crippen LogP contribution in [0.3, 0.4) is 0 Å². The molecular weight excluding hydrogens is 290 g/mol. The lowest BCUT2D eigenvalue weighted by molar-refractivity contribution is -0.121. The third kappa shape index (κ3) is 2.38. The number of halogens is 1. The van der Waals surface area contributed by atoms with E-state index < -0.39 is 5.92 Å². The van der Waals surface area contributed by atoms with Crippen molar-refractivity contribution in [3.63, 3.8) is 0 Å². The predicted octanol–water partition coefficient (Wildman–Crippen LogP) is 3.09. The van der Waals surface area contributed by atoms with E-state index in [4.69, 9.17) is 11.6 Å². The van der Waals surface area contributed by atoms with Crippen LogP contribution in [0.1, 0.15) is 17.9 Å². The first-order valence-electron chi connectivity index (χ1n) is 6.48. The summed E-state index contributed by atoms with van der Waals surface area (Å²) in [6.45, 7) is 0. The van der Waals surface area contributed by atoms with Gasteiger partial charge >= 0.3 is 0 Å². The molecule has 1 atom stereocenters. The molecule has 1 aliphatic heterocycles. The summed E-state index contributed by atoms with van der Waals surface area (Å²) in [6, 6.07) is 13.5. The number of carbonyl (C=O) groups excluding carboxylic acids is 2. The Kier molecular flexibility index (Phi) is 3.39. The summed E-state index contributed by atoms with van der Waals surface area (Å²) in [5.41, 5.74) is 1.15. The van der Waals surface area contributed by atoms with Crippen LogP contribution < -0.4 is 4.90 Å². The van der Waals surface area contributed by atoms with Gasteiger partial charge in [0.25, 0.3) is 0 Å². The molecule has 1 aliphatic rings. The molecule has 2 amide bonds.